The second-order valence-electron chi connectivity index (χ2n) is 2.22. The fourth-order valence-corrected chi connectivity index (χ4v) is 2.43. The van der Waals surface area contributed by atoms with E-state index in [0.717, 1.165) is 10.8 Å². The number of hydrogen-bond donors (Lipinski definition) is 0. The Labute approximate surface area is 86.6 Å². The van der Waals surface area contributed by atoms with Gasteiger partial charge in [0.05, 0.1) is 0 Å². The van der Waals surface area contributed by atoms with E-state index >= 15 is 0 Å². The lowest BCUT2D eigenvalue weighted by atomic mass is 10.2. The normalized spacial score (nSPS) is 10.8. The van der Waals surface area contributed by atoms with E-state index in [1.807, 2.05) is 0 Å². The molecule has 0 atom stereocenters. The number of hydrogen-bond acceptors (Lipinski definition) is 0. The molecule has 0 saturated carbocycles. The summed E-state index contributed by atoms with van der Waals surface area (Å²) in [7, 11) is 0. The Hall–Kier alpha value is -0.133. The third-order valence-electron chi connectivity index (χ3n) is 1.38. The molecule has 0 aliphatic carbocycles. The van der Waals surface area contributed by atoms with Crippen LogP contribution in [0.4, 0.5) is 0 Å². The van der Waals surface area contributed by atoms with Crippen molar-refractivity contribution in [2.24, 2.45) is 0 Å². The first kappa shape index (κ1) is 9.95. The number of terminal acetylenes is 1. The Morgan fingerprint density at radius 3 is 1.92 bits per heavy atom. The first-order valence-corrected chi connectivity index (χ1v) is 8.21. The van der Waals surface area contributed by atoms with Gasteiger partial charge < -0.3 is 0 Å². The first-order chi connectivity index (χ1) is 5.54. The van der Waals surface area contributed by atoms with E-state index in [0.29, 0.717) is 0 Å². The predicted octanol–water partition coefficient (Wildman–Crippen LogP) is 2.53. The highest BCUT2D eigenvalue weighted by atomic mass is 35.8. The van der Waals surface area contributed by atoms with Gasteiger partial charge in [0.25, 0.3) is 0 Å². The zero-order chi connectivity index (χ0) is 9.19. The van der Waals surface area contributed by atoms with E-state index in [4.69, 9.17) is 39.7 Å². The Bertz CT molecular complexity index is 305. The van der Waals surface area contributed by atoms with Crippen LogP contribution < -0.4 is 5.19 Å². The zero-order valence-corrected chi connectivity index (χ0v) is 9.29. The fraction of sp³-hybridized carbons (Fsp3) is 0. The number of halogens is 3. The van der Waals surface area contributed by atoms with E-state index in [-0.39, 0.29) is 0 Å². The molecule has 12 heavy (non-hydrogen) atoms. The monoisotopic (exact) mass is 234 g/mol. The van der Waals surface area contributed by atoms with Gasteiger partial charge in [0.1, 0.15) is 0 Å². The van der Waals surface area contributed by atoms with Crippen molar-refractivity contribution < 1.29 is 0 Å². The zero-order valence-electron chi connectivity index (χ0n) is 6.02. The van der Waals surface area contributed by atoms with Crippen LogP contribution in [-0.4, -0.2) is 6.00 Å². The third kappa shape index (κ3) is 2.43. The van der Waals surface area contributed by atoms with Gasteiger partial charge in [0.15, 0.2) is 0 Å². The standard InChI is InChI=1S/C8H5Cl3Si/c1-2-7-3-5-8(6-4-7)12(9,10)11/h1,3-6H. The van der Waals surface area contributed by atoms with Gasteiger partial charge in [-0.1, -0.05) is 18.1 Å². The van der Waals surface area contributed by atoms with Crippen LogP contribution in [0.1, 0.15) is 5.56 Å². The SMILES string of the molecule is C#Cc1ccc([Si](Cl)(Cl)Cl)cc1. The first-order valence-electron chi connectivity index (χ1n) is 3.18. The molecule has 0 saturated heterocycles. The molecule has 0 N–H and O–H groups in total. The molecule has 62 valence electrons. The molecule has 1 aromatic carbocycles. The highest BCUT2D eigenvalue weighted by molar-refractivity contribution is 7.69. The van der Waals surface area contributed by atoms with E-state index in [1.165, 1.54) is 0 Å². The second kappa shape index (κ2) is 3.72. The van der Waals surface area contributed by atoms with Crippen LogP contribution >= 0.6 is 33.2 Å². The van der Waals surface area contributed by atoms with Crippen molar-refractivity contribution in [3.63, 3.8) is 0 Å². The summed E-state index contributed by atoms with van der Waals surface area (Å²) in [5, 5.41) is 0.756. The molecule has 0 aliphatic heterocycles. The maximum absolute atomic E-state index is 5.77. The minimum absolute atomic E-state index is 0.756. The van der Waals surface area contributed by atoms with Gasteiger partial charge in [-0.15, -0.1) is 39.7 Å². The van der Waals surface area contributed by atoms with E-state index < -0.39 is 6.00 Å². The van der Waals surface area contributed by atoms with Gasteiger partial charge in [-0.05, 0) is 17.3 Å². The van der Waals surface area contributed by atoms with Gasteiger partial charge in [-0.3, -0.25) is 0 Å². The summed E-state index contributed by atoms with van der Waals surface area (Å²) in [5.74, 6) is 2.49. The van der Waals surface area contributed by atoms with Crippen LogP contribution in [0.2, 0.25) is 0 Å². The van der Waals surface area contributed by atoms with Gasteiger partial charge in [0, 0.05) is 5.56 Å². The Morgan fingerprint density at radius 1 is 1.08 bits per heavy atom. The molecule has 0 nitrogen and oxygen atoms in total. The Kier molecular flexibility index (Phi) is 3.08. The van der Waals surface area contributed by atoms with Crippen LogP contribution in [0.3, 0.4) is 0 Å². The highest BCUT2D eigenvalue weighted by Gasteiger charge is 2.27. The van der Waals surface area contributed by atoms with Crippen molar-refractivity contribution >= 4 is 44.4 Å². The molecule has 0 heterocycles. The molecule has 4 heteroatoms. The van der Waals surface area contributed by atoms with Crippen molar-refractivity contribution in [3.8, 4) is 12.3 Å². The largest absolute Gasteiger partial charge is 0.372 e. The average molecular weight is 236 g/mol. The van der Waals surface area contributed by atoms with Crippen LogP contribution in [0.5, 0.6) is 0 Å². The predicted molar refractivity (Wildman–Crippen MR) is 57.3 cm³/mol. The van der Waals surface area contributed by atoms with Crippen molar-refractivity contribution in [2.75, 3.05) is 0 Å². The van der Waals surface area contributed by atoms with Crippen molar-refractivity contribution in [3.05, 3.63) is 29.8 Å². The second-order valence-corrected chi connectivity index (χ2v) is 10.6. The lowest BCUT2D eigenvalue weighted by Crippen LogP contribution is -2.29. The van der Waals surface area contributed by atoms with Crippen molar-refractivity contribution in [1.82, 2.24) is 0 Å². The van der Waals surface area contributed by atoms with Gasteiger partial charge in [0.2, 0.25) is 0 Å². The third-order valence-corrected chi connectivity index (χ3v) is 4.33. The highest BCUT2D eigenvalue weighted by Crippen LogP contribution is 2.19. The summed E-state index contributed by atoms with van der Waals surface area (Å²) in [6, 6.07) is 4.33. The van der Waals surface area contributed by atoms with Crippen LogP contribution in [0.15, 0.2) is 24.3 Å². The topological polar surface area (TPSA) is 0 Å². The maximum Gasteiger partial charge on any atom is 0.372 e. The molecule has 0 unspecified atom stereocenters. The quantitative estimate of drug-likeness (QED) is 0.399. The Balaban J connectivity index is 3.02. The average Bonchev–Trinajstić information content (AvgIpc) is 2.03. The van der Waals surface area contributed by atoms with Gasteiger partial charge >= 0.3 is 6.00 Å². The summed E-state index contributed by atoms with van der Waals surface area (Å²) in [6.45, 7) is 0. The molecule has 1 rings (SSSR count). The van der Waals surface area contributed by atoms with Crippen LogP contribution in [-0.2, 0) is 0 Å². The number of rotatable bonds is 1. The van der Waals surface area contributed by atoms with E-state index in [2.05, 4.69) is 5.92 Å². The van der Waals surface area contributed by atoms with Crippen molar-refractivity contribution in [2.45, 2.75) is 0 Å². The minimum atomic E-state index is -2.72. The number of benzene rings is 1. The molecule has 0 amide bonds. The molecular formula is C8H5Cl3Si. The lowest BCUT2D eigenvalue weighted by Gasteiger charge is -2.06. The van der Waals surface area contributed by atoms with E-state index in [1.54, 1.807) is 24.3 Å². The molecule has 1 aromatic rings. The molecule has 0 aromatic heterocycles. The minimum Gasteiger partial charge on any atom is -0.121 e. The summed E-state index contributed by atoms with van der Waals surface area (Å²) in [5.41, 5.74) is 0.794. The van der Waals surface area contributed by atoms with Gasteiger partial charge in [-0.25, -0.2) is 0 Å². The van der Waals surface area contributed by atoms with Crippen LogP contribution in [0, 0.1) is 12.3 Å². The van der Waals surface area contributed by atoms with Crippen LogP contribution in [0.25, 0.3) is 0 Å². The lowest BCUT2D eigenvalue weighted by molar-refractivity contribution is 1.69. The van der Waals surface area contributed by atoms with E-state index in [9.17, 15) is 0 Å². The molecule has 0 spiro atoms. The van der Waals surface area contributed by atoms with Gasteiger partial charge in [-0.2, -0.15) is 0 Å². The maximum atomic E-state index is 5.77. The summed E-state index contributed by atoms with van der Waals surface area (Å²) in [6.07, 6.45) is 5.17. The summed E-state index contributed by atoms with van der Waals surface area (Å²) in [4.78, 5) is 0. The Morgan fingerprint density at radius 2 is 1.58 bits per heavy atom. The van der Waals surface area contributed by atoms with Crippen molar-refractivity contribution in [1.29, 1.82) is 0 Å². The molecule has 0 bridgehead atoms. The molecule has 0 aliphatic rings. The molecular weight excluding hydrogens is 231 g/mol. The summed E-state index contributed by atoms with van der Waals surface area (Å²) < 4.78 is 0. The molecule has 0 radical (unpaired) electrons. The fourth-order valence-electron chi connectivity index (χ4n) is 0.755. The summed E-state index contributed by atoms with van der Waals surface area (Å²) >= 11 is 17.3. The molecule has 0 fully saturated rings. The smallest absolute Gasteiger partial charge is 0.121 e.